The molecule has 1 aromatic carbocycles. The number of halogens is 3. The number of hydrogen-bond acceptors (Lipinski definition) is 2. The van der Waals surface area contributed by atoms with Crippen molar-refractivity contribution >= 4 is 34.5 Å². The molecular formula is C14H14Cl2FNS. The van der Waals surface area contributed by atoms with E-state index in [4.69, 9.17) is 23.2 Å². The Morgan fingerprint density at radius 2 is 1.89 bits per heavy atom. The molecular weight excluding hydrogens is 304 g/mol. The first-order valence-electron chi connectivity index (χ1n) is 6.01. The van der Waals surface area contributed by atoms with Gasteiger partial charge in [0.05, 0.1) is 10.0 Å². The van der Waals surface area contributed by atoms with E-state index in [1.165, 1.54) is 4.88 Å². The summed E-state index contributed by atoms with van der Waals surface area (Å²) < 4.78 is 13.4. The van der Waals surface area contributed by atoms with Gasteiger partial charge in [-0.1, -0.05) is 30.1 Å². The molecule has 1 aromatic heterocycles. The zero-order chi connectivity index (χ0) is 14.0. The van der Waals surface area contributed by atoms with Gasteiger partial charge in [-0.3, -0.25) is 0 Å². The van der Waals surface area contributed by atoms with Crippen molar-refractivity contribution in [1.29, 1.82) is 0 Å². The maximum absolute atomic E-state index is 13.4. The highest BCUT2D eigenvalue weighted by molar-refractivity contribution is 7.15. The third-order valence-corrected chi connectivity index (χ3v) is 4.70. The lowest BCUT2D eigenvalue weighted by Crippen LogP contribution is -2.16. The predicted molar refractivity (Wildman–Crippen MR) is 81.8 cm³/mol. The van der Waals surface area contributed by atoms with E-state index in [1.807, 2.05) is 6.07 Å². The zero-order valence-electron chi connectivity index (χ0n) is 10.6. The summed E-state index contributed by atoms with van der Waals surface area (Å²) in [6.45, 7) is 5.11. The first-order chi connectivity index (χ1) is 9.02. The molecule has 0 aliphatic carbocycles. The van der Waals surface area contributed by atoms with Crippen molar-refractivity contribution in [2.75, 3.05) is 6.54 Å². The van der Waals surface area contributed by atoms with Crippen LogP contribution in [0.25, 0.3) is 10.4 Å². The fourth-order valence-electron chi connectivity index (χ4n) is 1.85. The monoisotopic (exact) mass is 317 g/mol. The Morgan fingerprint density at radius 3 is 2.47 bits per heavy atom. The minimum absolute atomic E-state index is 0.0529. The fourth-order valence-corrected chi connectivity index (χ4v) is 3.35. The molecule has 0 saturated carbocycles. The molecule has 5 heteroatoms. The largest absolute Gasteiger partial charge is 0.310 e. The predicted octanol–water partition coefficient (Wildman–Crippen LogP) is 5.53. The normalized spacial score (nSPS) is 12.7. The van der Waals surface area contributed by atoms with E-state index in [1.54, 1.807) is 23.5 Å². The van der Waals surface area contributed by atoms with Crippen LogP contribution in [-0.4, -0.2) is 6.54 Å². The molecule has 0 fully saturated rings. The van der Waals surface area contributed by atoms with Gasteiger partial charge in [-0.2, -0.15) is 0 Å². The summed E-state index contributed by atoms with van der Waals surface area (Å²) in [7, 11) is 0. The maximum atomic E-state index is 13.4. The van der Waals surface area contributed by atoms with E-state index in [-0.39, 0.29) is 10.0 Å². The van der Waals surface area contributed by atoms with Crippen molar-refractivity contribution in [2.45, 2.75) is 19.9 Å². The Balaban J connectivity index is 2.33. The van der Waals surface area contributed by atoms with Gasteiger partial charge < -0.3 is 5.32 Å². The Hall–Kier alpha value is -0.610. The molecule has 0 bridgehead atoms. The first kappa shape index (κ1) is 14.8. The molecule has 0 aliphatic heterocycles. The van der Waals surface area contributed by atoms with Gasteiger partial charge in [-0.15, -0.1) is 11.3 Å². The van der Waals surface area contributed by atoms with E-state index in [2.05, 4.69) is 25.2 Å². The van der Waals surface area contributed by atoms with E-state index in [0.29, 0.717) is 6.04 Å². The lowest BCUT2D eigenvalue weighted by Gasteiger charge is -2.09. The highest BCUT2D eigenvalue weighted by Gasteiger charge is 2.12. The summed E-state index contributed by atoms with van der Waals surface area (Å²) in [6, 6.07) is 7.59. The molecule has 0 spiro atoms. The van der Waals surface area contributed by atoms with Crippen LogP contribution in [0.5, 0.6) is 0 Å². The maximum Gasteiger partial charge on any atom is 0.160 e. The third-order valence-electron chi connectivity index (χ3n) is 2.83. The second kappa shape index (κ2) is 6.23. The molecule has 2 rings (SSSR count). The second-order valence-corrected chi connectivity index (χ2v) is 6.17. The standard InChI is InChI=1S/C14H14Cl2FNS/c1-3-18-8(2)12-4-5-13(19-12)9-6-10(15)14(17)11(16)7-9/h4-8,18H,3H2,1-2H3. The zero-order valence-corrected chi connectivity index (χ0v) is 13.0. The summed E-state index contributed by atoms with van der Waals surface area (Å²) in [6.07, 6.45) is 0. The molecule has 1 unspecified atom stereocenters. The molecule has 0 radical (unpaired) electrons. The number of thiophene rings is 1. The highest BCUT2D eigenvalue weighted by atomic mass is 35.5. The van der Waals surface area contributed by atoms with Crippen LogP contribution < -0.4 is 5.32 Å². The average Bonchev–Trinajstić information content (AvgIpc) is 2.85. The van der Waals surface area contributed by atoms with Crippen LogP contribution in [0, 0.1) is 5.82 Å². The van der Waals surface area contributed by atoms with Crippen molar-refractivity contribution in [2.24, 2.45) is 0 Å². The number of benzene rings is 1. The van der Waals surface area contributed by atoms with Crippen molar-refractivity contribution in [1.82, 2.24) is 5.32 Å². The summed E-state index contributed by atoms with van der Waals surface area (Å²) in [5.41, 5.74) is 0.844. The smallest absolute Gasteiger partial charge is 0.160 e. The van der Waals surface area contributed by atoms with Crippen LogP contribution in [0.4, 0.5) is 4.39 Å². The second-order valence-electron chi connectivity index (χ2n) is 4.24. The minimum atomic E-state index is -0.565. The molecule has 0 saturated heterocycles. The molecule has 1 N–H and O–H groups in total. The van der Waals surface area contributed by atoms with Crippen molar-refractivity contribution in [3.63, 3.8) is 0 Å². The van der Waals surface area contributed by atoms with Crippen LogP contribution in [0.3, 0.4) is 0 Å². The summed E-state index contributed by atoms with van der Waals surface area (Å²) in [5, 5.41) is 3.46. The van der Waals surface area contributed by atoms with Crippen LogP contribution in [0.15, 0.2) is 24.3 Å². The quantitative estimate of drug-likeness (QED) is 0.731. The summed E-state index contributed by atoms with van der Waals surface area (Å²) in [4.78, 5) is 2.26. The molecule has 0 aliphatic rings. The molecule has 1 nitrogen and oxygen atoms in total. The molecule has 1 heterocycles. The molecule has 2 aromatic rings. The van der Waals surface area contributed by atoms with E-state index in [9.17, 15) is 4.39 Å². The van der Waals surface area contributed by atoms with Crippen LogP contribution in [-0.2, 0) is 0 Å². The lowest BCUT2D eigenvalue weighted by molar-refractivity contribution is 0.607. The minimum Gasteiger partial charge on any atom is -0.310 e. The Kier molecular flexibility index (Phi) is 4.85. The summed E-state index contributed by atoms with van der Waals surface area (Å²) in [5.74, 6) is -0.565. The van der Waals surface area contributed by atoms with Crippen LogP contribution >= 0.6 is 34.5 Å². The topological polar surface area (TPSA) is 12.0 Å². The highest BCUT2D eigenvalue weighted by Crippen LogP contribution is 2.35. The van der Waals surface area contributed by atoms with Gasteiger partial charge in [0, 0.05) is 15.8 Å². The van der Waals surface area contributed by atoms with Gasteiger partial charge >= 0.3 is 0 Å². The van der Waals surface area contributed by atoms with Crippen LogP contribution in [0.1, 0.15) is 24.8 Å². The average molecular weight is 318 g/mol. The van der Waals surface area contributed by atoms with E-state index in [0.717, 1.165) is 17.0 Å². The van der Waals surface area contributed by atoms with Gasteiger partial charge in [0.2, 0.25) is 0 Å². The number of nitrogens with one attached hydrogen (secondary N) is 1. The lowest BCUT2D eigenvalue weighted by atomic mass is 10.2. The number of rotatable bonds is 4. The first-order valence-corrected chi connectivity index (χ1v) is 7.58. The molecule has 0 amide bonds. The van der Waals surface area contributed by atoms with Crippen molar-refractivity contribution in [3.05, 3.63) is 45.0 Å². The fraction of sp³-hybridized carbons (Fsp3) is 0.286. The van der Waals surface area contributed by atoms with Gasteiger partial charge in [0.25, 0.3) is 0 Å². The van der Waals surface area contributed by atoms with Crippen molar-refractivity contribution < 1.29 is 4.39 Å². The summed E-state index contributed by atoms with van der Waals surface area (Å²) >= 11 is 13.3. The van der Waals surface area contributed by atoms with Gasteiger partial charge in [0.15, 0.2) is 5.82 Å². The van der Waals surface area contributed by atoms with Gasteiger partial charge in [-0.25, -0.2) is 4.39 Å². The Bertz CT molecular complexity index is 560. The van der Waals surface area contributed by atoms with E-state index >= 15 is 0 Å². The third kappa shape index (κ3) is 3.29. The Labute approximate surface area is 126 Å². The van der Waals surface area contributed by atoms with Crippen LogP contribution in [0.2, 0.25) is 10.0 Å². The van der Waals surface area contributed by atoms with Gasteiger partial charge in [-0.05, 0) is 43.3 Å². The van der Waals surface area contributed by atoms with Crippen molar-refractivity contribution in [3.8, 4) is 10.4 Å². The molecule has 1 atom stereocenters. The Morgan fingerprint density at radius 1 is 1.26 bits per heavy atom. The SMILES string of the molecule is CCNC(C)c1ccc(-c2cc(Cl)c(F)c(Cl)c2)s1. The number of hydrogen-bond donors (Lipinski definition) is 1. The van der Waals surface area contributed by atoms with Gasteiger partial charge in [0.1, 0.15) is 0 Å². The van der Waals surface area contributed by atoms with E-state index < -0.39 is 5.82 Å². The molecule has 19 heavy (non-hydrogen) atoms. The molecule has 102 valence electrons.